The van der Waals surface area contributed by atoms with Crippen LogP contribution in [0.25, 0.3) is 0 Å². The van der Waals surface area contributed by atoms with E-state index < -0.39 is 10.0 Å². The largest absolute Gasteiger partial charge is 0.339 e. The molecule has 3 rings (SSSR count). The second-order valence-electron chi connectivity index (χ2n) is 5.75. The smallest absolute Gasteiger partial charge is 0.261 e. The van der Waals surface area contributed by atoms with Crippen LogP contribution in [0.3, 0.4) is 0 Å². The molecule has 0 bridgehead atoms. The molecule has 25 heavy (non-hydrogen) atoms. The summed E-state index contributed by atoms with van der Waals surface area (Å²) in [6.45, 7) is 1.49. The highest BCUT2D eigenvalue weighted by molar-refractivity contribution is 7.92. The minimum absolute atomic E-state index is 0.0523. The quantitative estimate of drug-likeness (QED) is 0.844. The van der Waals surface area contributed by atoms with Crippen molar-refractivity contribution in [2.75, 3.05) is 17.8 Å². The molecule has 0 unspecified atom stereocenters. The van der Waals surface area contributed by atoms with Crippen molar-refractivity contribution in [2.24, 2.45) is 0 Å². The Balaban J connectivity index is 1.79. The summed E-state index contributed by atoms with van der Waals surface area (Å²) < 4.78 is 27.4. The van der Waals surface area contributed by atoms with Crippen molar-refractivity contribution in [1.82, 2.24) is 4.90 Å². The molecule has 2 aromatic rings. The molecule has 0 atom stereocenters. The lowest BCUT2D eigenvalue weighted by Gasteiger charge is -2.15. The second kappa shape index (κ2) is 7.23. The maximum absolute atomic E-state index is 12.5. The number of sulfonamides is 1. The first-order chi connectivity index (χ1) is 11.9. The first kappa shape index (κ1) is 18.0. The molecule has 1 fully saturated rings. The monoisotopic (exact) mass is 398 g/mol. The molecular formula is C17H16Cl2N2O3S. The van der Waals surface area contributed by atoms with Gasteiger partial charge in [0, 0.05) is 23.7 Å². The van der Waals surface area contributed by atoms with Gasteiger partial charge in [0.05, 0.1) is 15.6 Å². The van der Waals surface area contributed by atoms with E-state index in [2.05, 4.69) is 4.72 Å². The molecule has 0 aliphatic carbocycles. The van der Waals surface area contributed by atoms with Crippen LogP contribution in [0.15, 0.2) is 47.4 Å². The predicted octanol–water partition coefficient (Wildman–Crippen LogP) is 4.03. The van der Waals surface area contributed by atoms with Crippen LogP contribution in [0, 0.1) is 0 Å². The Morgan fingerprint density at radius 1 is 1.00 bits per heavy atom. The maximum Gasteiger partial charge on any atom is 0.261 e. The van der Waals surface area contributed by atoms with Crippen molar-refractivity contribution in [2.45, 2.75) is 17.7 Å². The zero-order chi connectivity index (χ0) is 18.0. The van der Waals surface area contributed by atoms with Gasteiger partial charge in [-0.1, -0.05) is 23.2 Å². The highest BCUT2D eigenvalue weighted by Crippen LogP contribution is 2.27. The van der Waals surface area contributed by atoms with Gasteiger partial charge >= 0.3 is 0 Å². The molecule has 132 valence electrons. The van der Waals surface area contributed by atoms with Crippen LogP contribution >= 0.6 is 23.2 Å². The number of likely N-dealkylation sites (tertiary alicyclic amines) is 1. The molecule has 1 aliphatic rings. The predicted molar refractivity (Wildman–Crippen MR) is 98.9 cm³/mol. The lowest BCUT2D eigenvalue weighted by atomic mass is 10.2. The van der Waals surface area contributed by atoms with Crippen molar-refractivity contribution in [3.63, 3.8) is 0 Å². The highest BCUT2D eigenvalue weighted by Gasteiger charge is 2.21. The lowest BCUT2D eigenvalue weighted by molar-refractivity contribution is 0.0792. The second-order valence-corrected chi connectivity index (χ2v) is 8.28. The summed E-state index contributed by atoms with van der Waals surface area (Å²) in [5.41, 5.74) is 0.716. The molecule has 8 heteroatoms. The van der Waals surface area contributed by atoms with E-state index in [1.807, 2.05) is 0 Å². The van der Waals surface area contributed by atoms with E-state index in [0.29, 0.717) is 10.6 Å². The fourth-order valence-corrected chi connectivity index (χ4v) is 4.25. The Hall–Kier alpha value is -1.76. The topological polar surface area (TPSA) is 66.5 Å². The van der Waals surface area contributed by atoms with Gasteiger partial charge in [-0.3, -0.25) is 9.52 Å². The van der Waals surface area contributed by atoms with Gasteiger partial charge < -0.3 is 4.90 Å². The third-order valence-corrected chi connectivity index (χ3v) is 5.91. The molecule has 0 saturated carbocycles. The molecule has 0 radical (unpaired) electrons. The number of anilines is 1. The summed E-state index contributed by atoms with van der Waals surface area (Å²) in [4.78, 5) is 14.1. The van der Waals surface area contributed by atoms with E-state index >= 15 is 0 Å². The Morgan fingerprint density at radius 2 is 1.64 bits per heavy atom. The molecular weight excluding hydrogens is 383 g/mol. The lowest BCUT2D eigenvalue weighted by Crippen LogP contribution is -2.27. The number of nitrogens with zero attached hydrogens (tertiary/aromatic N) is 1. The van der Waals surface area contributed by atoms with Crippen molar-refractivity contribution >= 4 is 44.8 Å². The average molecular weight is 399 g/mol. The average Bonchev–Trinajstić information content (AvgIpc) is 3.11. The standard InChI is InChI=1S/C17H16Cl2N2O3S/c18-13-5-8-16(15(19)11-13)20-25(23,24)14-6-3-12(4-7-14)17(22)21-9-1-2-10-21/h3-8,11,20H,1-2,9-10H2. The summed E-state index contributed by atoms with van der Waals surface area (Å²) in [5.74, 6) is -0.0739. The molecule has 2 aromatic carbocycles. The molecule has 1 saturated heterocycles. The Labute approximate surface area is 156 Å². The number of carbonyl (C=O) groups excluding carboxylic acids is 1. The summed E-state index contributed by atoms with van der Waals surface area (Å²) in [7, 11) is -3.81. The van der Waals surface area contributed by atoms with Crippen LogP contribution in [0.5, 0.6) is 0 Å². The zero-order valence-corrected chi connectivity index (χ0v) is 15.5. The third kappa shape index (κ3) is 4.08. The number of nitrogens with one attached hydrogen (secondary N) is 1. The molecule has 0 spiro atoms. The highest BCUT2D eigenvalue weighted by atomic mass is 35.5. The Bertz CT molecular complexity index is 893. The summed E-state index contributed by atoms with van der Waals surface area (Å²) in [5, 5.41) is 0.620. The molecule has 5 nitrogen and oxygen atoms in total. The fourth-order valence-electron chi connectivity index (χ4n) is 2.66. The van der Waals surface area contributed by atoms with Crippen molar-refractivity contribution in [1.29, 1.82) is 0 Å². The molecule has 0 aromatic heterocycles. The van der Waals surface area contributed by atoms with Gasteiger partial charge in [0.25, 0.3) is 15.9 Å². The van der Waals surface area contributed by atoms with Crippen molar-refractivity contribution < 1.29 is 13.2 Å². The summed E-state index contributed by atoms with van der Waals surface area (Å²) in [6.07, 6.45) is 2.01. The minimum Gasteiger partial charge on any atom is -0.339 e. The number of benzene rings is 2. The normalized spacial score (nSPS) is 14.6. The van der Waals surface area contributed by atoms with E-state index in [0.717, 1.165) is 25.9 Å². The van der Waals surface area contributed by atoms with Gasteiger partial charge in [-0.15, -0.1) is 0 Å². The van der Waals surface area contributed by atoms with Gasteiger partial charge in [-0.05, 0) is 55.3 Å². The number of rotatable bonds is 4. The zero-order valence-electron chi connectivity index (χ0n) is 13.2. The van der Waals surface area contributed by atoms with Crippen molar-refractivity contribution in [3.05, 3.63) is 58.1 Å². The molecule has 1 aliphatic heterocycles. The maximum atomic E-state index is 12.5. The van der Waals surface area contributed by atoms with Crippen LogP contribution in [0.4, 0.5) is 5.69 Å². The number of halogens is 2. The number of carbonyl (C=O) groups is 1. The van der Waals surface area contributed by atoms with E-state index in [9.17, 15) is 13.2 Å². The van der Waals surface area contributed by atoms with E-state index in [1.165, 1.54) is 36.4 Å². The van der Waals surface area contributed by atoms with Crippen LogP contribution in [-0.2, 0) is 10.0 Å². The number of hydrogen-bond donors (Lipinski definition) is 1. The Kier molecular flexibility index (Phi) is 5.22. The Morgan fingerprint density at radius 3 is 2.24 bits per heavy atom. The van der Waals surface area contributed by atoms with E-state index in [1.54, 1.807) is 11.0 Å². The van der Waals surface area contributed by atoms with Crippen LogP contribution in [0.1, 0.15) is 23.2 Å². The van der Waals surface area contributed by atoms with Crippen LogP contribution in [0.2, 0.25) is 10.0 Å². The first-order valence-electron chi connectivity index (χ1n) is 7.74. The minimum atomic E-state index is -3.81. The fraction of sp³-hybridized carbons (Fsp3) is 0.235. The van der Waals surface area contributed by atoms with Gasteiger partial charge in [0.1, 0.15) is 0 Å². The molecule has 1 amide bonds. The SMILES string of the molecule is O=C(c1ccc(S(=O)(=O)Nc2ccc(Cl)cc2Cl)cc1)N1CCCC1. The van der Waals surface area contributed by atoms with Gasteiger partial charge in [-0.2, -0.15) is 0 Å². The number of amides is 1. The van der Waals surface area contributed by atoms with E-state index in [-0.39, 0.29) is 21.5 Å². The summed E-state index contributed by atoms with van der Waals surface area (Å²) >= 11 is 11.8. The van der Waals surface area contributed by atoms with Gasteiger partial charge in [0.15, 0.2) is 0 Å². The van der Waals surface area contributed by atoms with Crippen LogP contribution < -0.4 is 4.72 Å². The molecule has 1 N–H and O–H groups in total. The van der Waals surface area contributed by atoms with Gasteiger partial charge in [-0.25, -0.2) is 8.42 Å². The van der Waals surface area contributed by atoms with Crippen molar-refractivity contribution in [3.8, 4) is 0 Å². The van der Waals surface area contributed by atoms with E-state index in [4.69, 9.17) is 23.2 Å². The summed E-state index contributed by atoms with van der Waals surface area (Å²) in [6, 6.07) is 10.4. The third-order valence-electron chi connectivity index (χ3n) is 3.98. The number of hydrogen-bond acceptors (Lipinski definition) is 3. The van der Waals surface area contributed by atoms with Gasteiger partial charge in [0.2, 0.25) is 0 Å². The molecule has 1 heterocycles. The van der Waals surface area contributed by atoms with Crippen LogP contribution in [-0.4, -0.2) is 32.3 Å². The first-order valence-corrected chi connectivity index (χ1v) is 9.98.